The largest absolute Gasteiger partial charge is 0.506 e. The van der Waals surface area contributed by atoms with E-state index in [1.807, 2.05) is 0 Å². The van der Waals surface area contributed by atoms with E-state index in [1.54, 1.807) is 0 Å². The molecule has 5 heteroatoms. The summed E-state index contributed by atoms with van der Waals surface area (Å²) in [5, 5.41) is 35.8. The van der Waals surface area contributed by atoms with Crippen LogP contribution < -0.4 is 0 Å². The van der Waals surface area contributed by atoms with Crippen LogP contribution in [0.15, 0.2) is 0 Å². The molecular weight excluding hydrogens is 184 g/mol. The van der Waals surface area contributed by atoms with Gasteiger partial charge in [-0.2, -0.15) is 0 Å². The van der Waals surface area contributed by atoms with E-state index in [-0.39, 0.29) is 10.6 Å². The summed E-state index contributed by atoms with van der Waals surface area (Å²) in [6.45, 7) is 1.36. The standard InChI is InChI=1S/C7H7ClO4/c1-2-4(9)3(8)6(11)7(12)5(2)10/h9-12H,1H3. The molecule has 4 nitrogen and oxygen atoms in total. The van der Waals surface area contributed by atoms with E-state index < -0.39 is 23.0 Å². The zero-order valence-electron chi connectivity index (χ0n) is 6.17. The zero-order valence-corrected chi connectivity index (χ0v) is 6.92. The van der Waals surface area contributed by atoms with Gasteiger partial charge in [0.25, 0.3) is 0 Å². The number of aromatic hydroxyl groups is 4. The monoisotopic (exact) mass is 190 g/mol. The van der Waals surface area contributed by atoms with Gasteiger partial charge in [0.2, 0.25) is 5.75 Å². The second-order valence-electron chi connectivity index (χ2n) is 2.33. The topological polar surface area (TPSA) is 80.9 Å². The van der Waals surface area contributed by atoms with Crippen molar-refractivity contribution in [1.29, 1.82) is 0 Å². The second-order valence-corrected chi connectivity index (χ2v) is 2.71. The van der Waals surface area contributed by atoms with Crippen molar-refractivity contribution >= 4 is 11.6 Å². The molecular formula is C7H7ClO4. The average molecular weight is 191 g/mol. The number of phenolic OH excluding ortho intramolecular Hbond substituents is 4. The van der Waals surface area contributed by atoms with Crippen LogP contribution >= 0.6 is 11.6 Å². The third-order valence-electron chi connectivity index (χ3n) is 1.57. The maximum absolute atomic E-state index is 9.13. The van der Waals surface area contributed by atoms with E-state index in [0.717, 1.165) is 0 Å². The van der Waals surface area contributed by atoms with Crippen LogP contribution in [-0.2, 0) is 0 Å². The van der Waals surface area contributed by atoms with E-state index in [2.05, 4.69) is 0 Å². The molecule has 0 bridgehead atoms. The summed E-state index contributed by atoms with van der Waals surface area (Å²) >= 11 is 5.39. The summed E-state index contributed by atoms with van der Waals surface area (Å²) in [5.74, 6) is -2.47. The van der Waals surface area contributed by atoms with Gasteiger partial charge in [0, 0.05) is 5.56 Å². The van der Waals surface area contributed by atoms with Crippen LogP contribution in [0.2, 0.25) is 5.02 Å². The van der Waals surface area contributed by atoms with Crippen LogP contribution in [0, 0.1) is 6.92 Å². The van der Waals surface area contributed by atoms with Gasteiger partial charge in [-0.15, -0.1) is 0 Å². The number of hydrogen-bond acceptors (Lipinski definition) is 4. The summed E-state index contributed by atoms with van der Waals surface area (Å²) in [5.41, 5.74) is 0.0234. The van der Waals surface area contributed by atoms with Crippen molar-refractivity contribution < 1.29 is 20.4 Å². The van der Waals surface area contributed by atoms with Crippen molar-refractivity contribution in [3.8, 4) is 23.0 Å². The number of phenols is 4. The van der Waals surface area contributed by atoms with Crippen LogP contribution in [0.1, 0.15) is 5.56 Å². The fourth-order valence-corrected chi connectivity index (χ4v) is 1.01. The Hall–Kier alpha value is -1.29. The van der Waals surface area contributed by atoms with Crippen molar-refractivity contribution in [3.05, 3.63) is 10.6 Å². The van der Waals surface area contributed by atoms with Crippen molar-refractivity contribution in [1.82, 2.24) is 0 Å². The smallest absolute Gasteiger partial charge is 0.202 e. The molecule has 1 aromatic rings. The van der Waals surface area contributed by atoms with Gasteiger partial charge in [-0.1, -0.05) is 11.6 Å². The lowest BCUT2D eigenvalue weighted by Crippen LogP contribution is -1.81. The molecule has 0 radical (unpaired) electrons. The SMILES string of the molecule is Cc1c(O)c(O)c(O)c(Cl)c1O. The summed E-state index contributed by atoms with van der Waals surface area (Å²) in [4.78, 5) is 0. The predicted octanol–water partition coefficient (Wildman–Crippen LogP) is 1.47. The molecule has 1 rings (SSSR count). The van der Waals surface area contributed by atoms with Crippen molar-refractivity contribution in [2.24, 2.45) is 0 Å². The van der Waals surface area contributed by atoms with Gasteiger partial charge in [-0.25, -0.2) is 0 Å². The molecule has 66 valence electrons. The minimum atomic E-state index is -0.727. The molecule has 12 heavy (non-hydrogen) atoms. The number of halogens is 1. The Morgan fingerprint density at radius 2 is 1.33 bits per heavy atom. The summed E-state index contributed by atoms with van der Waals surface area (Å²) in [7, 11) is 0. The lowest BCUT2D eigenvalue weighted by atomic mass is 10.1. The number of benzene rings is 1. The molecule has 0 aromatic heterocycles. The van der Waals surface area contributed by atoms with Gasteiger partial charge in [-0.3, -0.25) is 0 Å². The Morgan fingerprint density at radius 1 is 0.833 bits per heavy atom. The van der Waals surface area contributed by atoms with E-state index in [4.69, 9.17) is 32.0 Å². The molecule has 0 aliphatic rings. The molecule has 0 heterocycles. The first-order valence-electron chi connectivity index (χ1n) is 3.08. The van der Waals surface area contributed by atoms with Gasteiger partial charge in [0.05, 0.1) is 0 Å². The van der Waals surface area contributed by atoms with Gasteiger partial charge in [-0.05, 0) is 6.92 Å². The first kappa shape index (κ1) is 8.80. The fourth-order valence-electron chi connectivity index (χ4n) is 0.783. The van der Waals surface area contributed by atoms with Crippen LogP contribution in [0.25, 0.3) is 0 Å². The molecule has 0 atom stereocenters. The number of hydrogen-bond donors (Lipinski definition) is 4. The van der Waals surface area contributed by atoms with Crippen LogP contribution in [0.3, 0.4) is 0 Å². The van der Waals surface area contributed by atoms with E-state index in [1.165, 1.54) is 6.92 Å². The highest BCUT2D eigenvalue weighted by atomic mass is 35.5. The first-order chi connectivity index (χ1) is 5.46. The Balaban J connectivity index is 3.60. The highest BCUT2D eigenvalue weighted by molar-refractivity contribution is 6.34. The molecule has 1 aromatic carbocycles. The molecule has 0 unspecified atom stereocenters. The minimum Gasteiger partial charge on any atom is -0.506 e. The molecule has 0 aliphatic heterocycles. The highest BCUT2D eigenvalue weighted by Crippen LogP contribution is 2.48. The molecule has 4 N–H and O–H groups in total. The van der Waals surface area contributed by atoms with Crippen molar-refractivity contribution in [2.75, 3.05) is 0 Å². The predicted molar refractivity (Wildman–Crippen MR) is 42.8 cm³/mol. The normalized spacial score (nSPS) is 10.2. The molecule has 0 amide bonds. The average Bonchev–Trinajstić information content (AvgIpc) is 2.08. The van der Waals surface area contributed by atoms with Crippen molar-refractivity contribution in [2.45, 2.75) is 6.92 Å². The Morgan fingerprint density at radius 3 is 1.83 bits per heavy atom. The molecule has 0 aliphatic carbocycles. The second kappa shape index (κ2) is 2.64. The Bertz CT molecular complexity index is 230. The third-order valence-corrected chi connectivity index (χ3v) is 1.93. The van der Waals surface area contributed by atoms with Gasteiger partial charge >= 0.3 is 0 Å². The quantitative estimate of drug-likeness (QED) is 0.369. The first-order valence-corrected chi connectivity index (χ1v) is 3.46. The van der Waals surface area contributed by atoms with Crippen molar-refractivity contribution in [3.63, 3.8) is 0 Å². The molecule has 0 fully saturated rings. The van der Waals surface area contributed by atoms with Crippen LogP contribution in [0.4, 0.5) is 0 Å². The maximum Gasteiger partial charge on any atom is 0.202 e. The molecule has 0 spiro atoms. The van der Waals surface area contributed by atoms with Gasteiger partial charge in [0.15, 0.2) is 11.5 Å². The lowest BCUT2D eigenvalue weighted by molar-refractivity contribution is 0.358. The maximum atomic E-state index is 9.13. The van der Waals surface area contributed by atoms with Gasteiger partial charge in [0.1, 0.15) is 10.8 Å². The Kier molecular flexibility index (Phi) is 1.94. The van der Waals surface area contributed by atoms with E-state index in [9.17, 15) is 0 Å². The van der Waals surface area contributed by atoms with E-state index >= 15 is 0 Å². The summed E-state index contributed by atoms with van der Waals surface area (Å²) < 4.78 is 0. The minimum absolute atomic E-state index is 0.0234. The van der Waals surface area contributed by atoms with E-state index in [0.29, 0.717) is 0 Å². The molecule has 0 saturated carbocycles. The third kappa shape index (κ3) is 1.00. The Labute approximate surface area is 73.3 Å². The highest BCUT2D eigenvalue weighted by Gasteiger charge is 2.18. The van der Waals surface area contributed by atoms with Crippen LogP contribution in [0.5, 0.6) is 23.0 Å². The lowest BCUT2D eigenvalue weighted by Gasteiger charge is -2.08. The number of rotatable bonds is 0. The molecule has 0 saturated heterocycles. The van der Waals surface area contributed by atoms with Gasteiger partial charge < -0.3 is 20.4 Å². The summed E-state index contributed by atoms with van der Waals surface area (Å²) in [6.07, 6.45) is 0. The summed E-state index contributed by atoms with van der Waals surface area (Å²) in [6, 6.07) is 0. The van der Waals surface area contributed by atoms with Crippen LogP contribution in [-0.4, -0.2) is 20.4 Å². The fraction of sp³-hybridized carbons (Fsp3) is 0.143. The zero-order chi connectivity index (χ0) is 9.46.